The molecule has 1 N–H and O–H groups in total. The van der Waals surface area contributed by atoms with Crippen molar-refractivity contribution in [3.8, 4) is 0 Å². The monoisotopic (exact) mass is 269 g/mol. The first kappa shape index (κ1) is 18.5. The fourth-order valence-electron chi connectivity index (χ4n) is 1.95. The van der Waals surface area contributed by atoms with Crippen molar-refractivity contribution >= 4 is 5.91 Å². The van der Waals surface area contributed by atoms with Crippen LogP contribution in [0.15, 0.2) is 0 Å². The number of nitrogens with one attached hydrogen (secondary N) is 1. The van der Waals surface area contributed by atoms with Crippen LogP contribution in [-0.2, 0) is 4.79 Å². The SMILES string of the molecule is CCCCC(C(=O)NC(C)(C)C(C)(C)C)C(C)(C)C. The van der Waals surface area contributed by atoms with Crippen molar-refractivity contribution in [2.75, 3.05) is 0 Å². The number of amides is 1. The Bertz CT molecular complexity index is 291. The number of hydrogen-bond acceptors (Lipinski definition) is 1. The topological polar surface area (TPSA) is 29.1 Å². The van der Waals surface area contributed by atoms with Crippen molar-refractivity contribution in [1.29, 1.82) is 0 Å². The molecule has 1 atom stereocenters. The van der Waals surface area contributed by atoms with E-state index >= 15 is 0 Å². The van der Waals surface area contributed by atoms with Crippen molar-refractivity contribution < 1.29 is 4.79 Å². The predicted octanol–water partition coefficient (Wildman–Crippen LogP) is 4.78. The molecule has 0 aliphatic heterocycles. The van der Waals surface area contributed by atoms with Crippen LogP contribution >= 0.6 is 0 Å². The first-order valence-corrected chi connectivity index (χ1v) is 7.65. The fourth-order valence-corrected chi connectivity index (χ4v) is 1.95. The first-order chi connectivity index (χ1) is 8.33. The summed E-state index contributed by atoms with van der Waals surface area (Å²) in [7, 11) is 0. The van der Waals surface area contributed by atoms with Crippen molar-refractivity contribution in [3.63, 3.8) is 0 Å². The van der Waals surface area contributed by atoms with Gasteiger partial charge in [-0.2, -0.15) is 0 Å². The van der Waals surface area contributed by atoms with Gasteiger partial charge in [-0.15, -0.1) is 0 Å². The minimum Gasteiger partial charge on any atom is -0.350 e. The highest BCUT2D eigenvalue weighted by Gasteiger charge is 2.38. The molecule has 0 bridgehead atoms. The molecule has 0 rings (SSSR count). The summed E-state index contributed by atoms with van der Waals surface area (Å²) >= 11 is 0. The van der Waals surface area contributed by atoms with Crippen LogP contribution in [0, 0.1) is 16.7 Å². The molecule has 1 amide bonds. The number of rotatable bonds is 5. The zero-order valence-electron chi connectivity index (χ0n) is 14.6. The molecule has 1 unspecified atom stereocenters. The third-order valence-corrected chi connectivity index (χ3v) is 4.52. The second-order valence-electron chi connectivity index (χ2n) is 8.43. The molecular weight excluding hydrogens is 234 g/mol. The Labute approximate surface area is 120 Å². The van der Waals surface area contributed by atoms with E-state index in [1.807, 2.05) is 0 Å². The van der Waals surface area contributed by atoms with Gasteiger partial charge in [-0.25, -0.2) is 0 Å². The zero-order valence-corrected chi connectivity index (χ0v) is 14.6. The van der Waals surface area contributed by atoms with E-state index in [2.05, 4.69) is 67.6 Å². The molecule has 0 heterocycles. The Morgan fingerprint density at radius 1 is 1.00 bits per heavy atom. The van der Waals surface area contributed by atoms with E-state index in [4.69, 9.17) is 0 Å². The normalized spacial score (nSPS) is 15.2. The van der Waals surface area contributed by atoms with Gasteiger partial charge < -0.3 is 5.32 Å². The lowest BCUT2D eigenvalue weighted by Crippen LogP contribution is -2.55. The van der Waals surface area contributed by atoms with Gasteiger partial charge in [-0.05, 0) is 31.1 Å². The van der Waals surface area contributed by atoms with Gasteiger partial charge in [0.25, 0.3) is 0 Å². The summed E-state index contributed by atoms with van der Waals surface area (Å²) in [4.78, 5) is 12.6. The van der Waals surface area contributed by atoms with Gasteiger partial charge in [0.2, 0.25) is 5.91 Å². The molecule has 2 heteroatoms. The average molecular weight is 269 g/mol. The molecule has 0 aromatic rings. The lowest BCUT2D eigenvalue weighted by Gasteiger charge is -2.42. The lowest BCUT2D eigenvalue weighted by molar-refractivity contribution is -0.131. The Kier molecular flexibility index (Phi) is 6.10. The minimum atomic E-state index is -0.195. The Hall–Kier alpha value is -0.530. The molecule has 0 radical (unpaired) electrons. The minimum absolute atomic E-state index is 0.0210. The molecule has 0 spiro atoms. The highest BCUT2D eigenvalue weighted by molar-refractivity contribution is 5.80. The first-order valence-electron chi connectivity index (χ1n) is 7.65. The van der Waals surface area contributed by atoms with Gasteiger partial charge in [-0.3, -0.25) is 4.79 Å². The summed E-state index contributed by atoms with van der Waals surface area (Å²) in [6.45, 7) is 19.4. The summed E-state index contributed by atoms with van der Waals surface area (Å²) in [5.74, 6) is 0.301. The summed E-state index contributed by atoms with van der Waals surface area (Å²) in [5, 5.41) is 3.27. The fraction of sp³-hybridized carbons (Fsp3) is 0.941. The molecule has 19 heavy (non-hydrogen) atoms. The van der Waals surface area contributed by atoms with Crippen molar-refractivity contribution in [3.05, 3.63) is 0 Å². The van der Waals surface area contributed by atoms with E-state index in [1.165, 1.54) is 0 Å². The van der Waals surface area contributed by atoms with Crippen molar-refractivity contribution in [2.24, 2.45) is 16.7 Å². The summed E-state index contributed by atoms with van der Waals surface area (Å²) in [6.07, 6.45) is 3.24. The van der Waals surface area contributed by atoms with Crippen LogP contribution in [0.5, 0.6) is 0 Å². The third kappa shape index (κ3) is 5.54. The molecular formula is C17H35NO. The predicted molar refractivity (Wildman–Crippen MR) is 84.1 cm³/mol. The summed E-state index contributed by atoms with van der Waals surface area (Å²) < 4.78 is 0. The van der Waals surface area contributed by atoms with Crippen molar-refractivity contribution in [1.82, 2.24) is 5.32 Å². The second kappa shape index (κ2) is 6.28. The number of hydrogen-bond donors (Lipinski definition) is 1. The van der Waals surface area contributed by atoms with Gasteiger partial charge in [0, 0.05) is 11.5 Å². The van der Waals surface area contributed by atoms with E-state index in [-0.39, 0.29) is 28.2 Å². The van der Waals surface area contributed by atoms with Crippen LogP contribution < -0.4 is 5.32 Å². The van der Waals surface area contributed by atoms with Gasteiger partial charge in [0.15, 0.2) is 0 Å². The van der Waals surface area contributed by atoms with Crippen LogP contribution in [0.4, 0.5) is 0 Å². The zero-order chi connectivity index (χ0) is 15.5. The molecule has 0 aliphatic rings. The van der Waals surface area contributed by atoms with Gasteiger partial charge in [0.1, 0.15) is 0 Å². The standard InChI is InChI=1S/C17H35NO/c1-10-11-12-13(15(2,3)4)14(19)18-17(8,9)16(5,6)7/h13H,10-12H2,1-9H3,(H,18,19). The van der Waals surface area contributed by atoms with Crippen LogP contribution in [-0.4, -0.2) is 11.4 Å². The van der Waals surface area contributed by atoms with Gasteiger partial charge in [0.05, 0.1) is 0 Å². The molecule has 114 valence electrons. The third-order valence-electron chi connectivity index (χ3n) is 4.52. The quantitative estimate of drug-likeness (QED) is 0.764. The van der Waals surface area contributed by atoms with Crippen molar-refractivity contribution in [2.45, 2.75) is 87.1 Å². The Morgan fingerprint density at radius 2 is 1.47 bits per heavy atom. The molecule has 2 nitrogen and oxygen atoms in total. The number of carbonyl (C=O) groups is 1. The lowest BCUT2D eigenvalue weighted by atomic mass is 9.73. The van der Waals surface area contributed by atoms with E-state index in [1.54, 1.807) is 0 Å². The van der Waals surface area contributed by atoms with E-state index in [9.17, 15) is 4.79 Å². The maximum absolute atomic E-state index is 12.6. The molecule has 0 aromatic heterocycles. The van der Waals surface area contributed by atoms with E-state index in [0.717, 1.165) is 19.3 Å². The smallest absolute Gasteiger partial charge is 0.224 e. The maximum Gasteiger partial charge on any atom is 0.224 e. The number of unbranched alkanes of at least 4 members (excludes halogenated alkanes) is 1. The van der Waals surface area contributed by atoms with Gasteiger partial charge >= 0.3 is 0 Å². The summed E-state index contributed by atoms with van der Waals surface area (Å²) in [6, 6.07) is 0. The van der Waals surface area contributed by atoms with E-state index in [0.29, 0.717) is 0 Å². The molecule has 0 saturated carbocycles. The molecule has 0 aliphatic carbocycles. The Morgan fingerprint density at radius 3 is 1.79 bits per heavy atom. The molecule has 0 fully saturated rings. The van der Waals surface area contributed by atoms with Crippen LogP contribution in [0.3, 0.4) is 0 Å². The highest BCUT2D eigenvalue weighted by atomic mass is 16.2. The molecule has 0 saturated heterocycles. The highest BCUT2D eigenvalue weighted by Crippen LogP contribution is 2.34. The van der Waals surface area contributed by atoms with E-state index < -0.39 is 0 Å². The average Bonchev–Trinajstić information content (AvgIpc) is 2.13. The summed E-state index contributed by atoms with van der Waals surface area (Å²) in [5.41, 5.74) is -0.122. The van der Waals surface area contributed by atoms with Crippen LogP contribution in [0.2, 0.25) is 0 Å². The van der Waals surface area contributed by atoms with Crippen LogP contribution in [0.1, 0.15) is 81.6 Å². The largest absolute Gasteiger partial charge is 0.350 e. The molecule has 0 aromatic carbocycles. The Balaban J connectivity index is 4.93. The maximum atomic E-state index is 12.6. The second-order valence-corrected chi connectivity index (χ2v) is 8.43. The van der Waals surface area contributed by atoms with Crippen LogP contribution in [0.25, 0.3) is 0 Å². The van der Waals surface area contributed by atoms with Gasteiger partial charge in [-0.1, -0.05) is 61.3 Å². The number of carbonyl (C=O) groups excluding carboxylic acids is 1.